The van der Waals surface area contributed by atoms with Gasteiger partial charge in [-0.2, -0.15) is 0 Å². The van der Waals surface area contributed by atoms with Gasteiger partial charge in [0.1, 0.15) is 0 Å². The molecular formula is C14H16N2O3S2. The second kappa shape index (κ2) is 5.95. The van der Waals surface area contributed by atoms with Gasteiger partial charge in [0, 0.05) is 17.2 Å². The van der Waals surface area contributed by atoms with Gasteiger partial charge in [0.15, 0.2) is 9.84 Å². The van der Waals surface area contributed by atoms with Crippen molar-refractivity contribution >= 4 is 27.1 Å². The van der Waals surface area contributed by atoms with E-state index in [0.29, 0.717) is 5.56 Å². The number of carbonyl (C=O) groups is 1. The molecule has 2 rings (SSSR count). The predicted octanol–water partition coefficient (Wildman–Crippen LogP) is 2.35. The zero-order valence-corrected chi connectivity index (χ0v) is 13.6. The minimum Gasteiger partial charge on any atom is -0.344 e. The molecule has 0 spiro atoms. The van der Waals surface area contributed by atoms with Gasteiger partial charge in [-0.3, -0.25) is 4.79 Å². The molecule has 0 aliphatic carbocycles. The molecule has 112 valence electrons. The fourth-order valence-electron chi connectivity index (χ4n) is 1.79. The van der Waals surface area contributed by atoms with E-state index in [1.165, 1.54) is 35.6 Å². The molecule has 1 heterocycles. The van der Waals surface area contributed by atoms with E-state index in [4.69, 9.17) is 0 Å². The van der Waals surface area contributed by atoms with Crippen LogP contribution in [-0.4, -0.2) is 25.6 Å². The maximum Gasteiger partial charge on any atom is 0.251 e. The van der Waals surface area contributed by atoms with E-state index in [1.54, 1.807) is 0 Å². The lowest BCUT2D eigenvalue weighted by Gasteiger charge is -2.11. The zero-order chi connectivity index (χ0) is 15.6. The number of carbonyl (C=O) groups excluding carboxylic acids is 1. The molecule has 1 aromatic carbocycles. The van der Waals surface area contributed by atoms with E-state index in [2.05, 4.69) is 10.3 Å². The molecule has 0 bridgehead atoms. The van der Waals surface area contributed by atoms with E-state index in [0.717, 1.165) is 17.0 Å². The van der Waals surface area contributed by atoms with Gasteiger partial charge in [0.2, 0.25) is 0 Å². The third-order valence-corrected chi connectivity index (χ3v) is 4.89. The third kappa shape index (κ3) is 3.89. The molecule has 5 nitrogen and oxygen atoms in total. The summed E-state index contributed by atoms with van der Waals surface area (Å²) in [4.78, 5) is 16.6. The molecule has 1 aromatic heterocycles. The summed E-state index contributed by atoms with van der Waals surface area (Å²) in [6.07, 6.45) is 1.13. The van der Waals surface area contributed by atoms with E-state index in [1.807, 2.05) is 19.2 Å². The normalized spacial score (nSPS) is 12.9. The van der Waals surface area contributed by atoms with E-state index < -0.39 is 9.84 Å². The van der Waals surface area contributed by atoms with Crippen molar-refractivity contribution in [2.24, 2.45) is 0 Å². The highest BCUT2D eigenvalue weighted by molar-refractivity contribution is 7.90. The molecular weight excluding hydrogens is 308 g/mol. The van der Waals surface area contributed by atoms with Gasteiger partial charge in [0.25, 0.3) is 5.91 Å². The van der Waals surface area contributed by atoms with Gasteiger partial charge in [0.05, 0.1) is 21.6 Å². The molecule has 0 radical (unpaired) electrons. The number of aryl methyl sites for hydroxylation is 1. The summed E-state index contributed by atoms with van der Waals surface area (Å²) in [5.74, 6) is -0.256. The molecule has 0 aliphatic rings. The van der Waals surface area contributed by atoms with Crippen LogP contribution >= 0.6 is 11.3 Å². The summed E-state index contributed by atoms with van der Waals surface area (Å²) >= 11 is 1.53. The number of amides is 1. The first-order valence-electron chi connectivity index (χ1n) is 6.30. The average molecular weight is 324 g/mol. The Hall–Kier alpha value is -1.73. The third-order valence-electron chi connectivity index (χ3n) is 2.97. The van der Waals surface area contributed by atoms with Crippen LogP contribution in [0.25, 0.3) is 0 Å². The number of nitrogens with zero attached hydrogens (tertiary/aromatic N) is 1. The summed E-state index contributed by atoms with van der Waals surface area (Å²) in [7, 11) is -3.25. The Balaban J connectivity index is 2.10. The smallest absolute Gasteiger partial charge is 0.251 e. The average Bonchev–Trinajstić information content (AvgIpc) is 2.84. The van der Waals surface area contributed by atoms with Gasteiger partial charge in [-0.05, 0) is 38.1 Å². The zero-order valence-electron chi connectivity index (χ0n) is 12.0. The van der Waals surface area contributed by atoms with Gasteiger partial charge in [-0.15, -0.1) is 11.3 Å². The minimum absolute atomic E-state index is 0.197. The van der Waals surface area contributed by atoms with Crippen molar-refractivity contribution in [1.29, 1.82) is 0 Å². The van der Waals surface area contributed by atoms with Crippen LogP contribution in [0.2, 0.25) is 0 Å². The quantitative estimate of drug-likeness (QED) is 0.936. The Morgan fingerprint density at radius 1 is 1.29 bits per heavy atom. The van der Waals surface area contributed by atoms with Gasteiger partial charge < -0.3 is 5.32 Å². The molecule has 0 saturated heterocycles. The van der Waals surface area contributed by atoms with Crippen molar-refractivity contribution in [1.82, 2.24) is 10.3 Å². The number of benzene rings is 1. The molecule has 2 aromatic rings. The number of thiazole rings is 1. The lowest BCUT2D eigenvalue weighted by molar-refractivity contribution is 0.0939. The molecule has 0 unspecified atom stereocenters. The Morgan fingerprint density at radius 3 is 2.38 bits per heavy atom. The molecule has 0 saturated carbocycles. The van der Waals surface area contributed by atoms with Crippen molar-refractivity contribution in [2.75, 3.05) is 6.26 Å². The molecule has 21 heavy (non-hydrogen) atoms. The Kier molecular flexibility index (Phi) is 4.43. The summed E-state index contributed by atoms with van der Waals surface area (Å²) < 4.78 is 22.7. The standard InChI is InChI=1S/C14H16N2O3S2/c1-9(13-8-20-10(2)16-13)15-14(17)11-4-6-12(7-5-11)21(3,18)19/h4-9H,1-3H3,(H,15,17)/t9-/m0/s1. The Morgan fingerprint density at radius 2 is 1.90 bits per heavy atom. The van der Waals surface area contributed by atoms with Crippen molar-refractivity contribution < 1.29 is 13.2 Å². The van der Waals surface area contributed by atoms with E-state index >= 15 is 0 Å². The monoisotopic (exact) mass is 324 g/mol. The van der Waals surface area contributed by atoms with Crippen LogP contribution in [0.4, 0.5) is 0 Å². The van der Waals surface area contributed by atoms with Crippen molar-refractivity contribution in [3.05, 3.63) is 45.9 Å². The maximum absolute atomic E-state index is 12.1. The summed E-state index contributed by atoms with van der Waals surface area (Å²) in [5.41, 5.74) is 1.24. The van der Waals surface area contributed by atoms with Gasteiger partial charge in [-0.1, -0.05) is 0 Å². The number of sulfone groups is 1. The molecule has 0 fully saturated rings. The van der Waals surface area contributed by atoms with Crippen LogP contribution in [0.15, 0.2) is 34.5 Å². The van der Waals surface area contributed by atoms with Crippen molar-refractivity contribution in [2.45, 2.75) is 24.8 Å². The molecule has 1 amide bonds. The van der Waals surface area contributed by atoms with Gasteiger partial charge in [-0.25, -0.2) is 13.4 Å². The van der Waals surface area contributed by atoms with Gasteiger partial charge >= 0.3 is 0 Å². The number of aromatic nitrogens is 1. The Labute approximate surface area is 128 Å². The number of hydrogen-bond donors (Lipinski definition) is 1. The summed E-state index contributed by atoms with van der Waals surface area (Å²) in [6, 6.07) is 5.68. The van der Waals surface area contributed by atoms with Crippen LogP contribution in [0, 0.1) is 6.92 Å². The van der Waals surface area contributed by atoms with Crippen LogP contribution in [-0.2, 0) is 9.84 Å². The molecule has 1 atom stereocenters. The highest BCUT2D eigenvalue weighted by Crippen LogP contribution is 2.17. The number of rotatable bonds is 4. The minimum atomic E-state index is -3.25. The second-order valence-electron chi connectivity index (χ2n) is 4.78. The fourth-order valence-corrected chi connectivity index (χ4v) is 3.12. The summed E-state index contributed by atoms with van der Waals surface area (Å²) in [6.45, 7) is 3.77. The van der Waals surface area contributed by atoms with Crippen LogP contribution in [0.3, 0.4) is 0 Å². The largest absolute Gasteiger partial charge is 0.344 e. The van der Waals surface area contributed by atoms with Crippen LogP contribution in [0.1, 0.15) is 34.0 Å². The maximum atomic E-state index is 12.1. The van der Waals surface area contributed by atoms with Crippen LogP contribution in [0.5, 0.6) is 0 Å². The lowest BCUT2D eigenvalue weighted by atomic mass is 10.2. The second-order valence-corrected chi connectivity index (χ2v) is 7.86. The van der Waals surface area contributed by atoms with Crippen LogP contribution < -0.4 is 5.32 Å². The summed E-state index contributed by atoms with van der Waals surface area (Å²) in [5, 5.41) is 5.70. The first-order chi connectivity index (χ1) is 9.77. The SMILES string of the molecule is Cc1nc([C@H](C)NC(=O)c2ccc(S(C)(=O)=O)cc2)cs1. The highest BCUT2D eigenvalue weighted by Gasteiger charge is 2.14. The van der Waals surface area contributed by atoms with E-state index in [9.17, 15) is 13.2 Å². The number of hydrogen-bond acceptors (Lipinski definition) is 5. The van der Waals surface area contributed by atoms with Crippen molar-refractivity contribution in [3.8, 4) is 0 Å². The highest BCUT2D eigenvalue weighted by atomic mass is 32.2. The lowest BCUT2D eigenvalue weighted by Crippen LogP contribution is -2.26. The first kappa shape index (κ1) is 15.7. The topological polar surface area (TPSA) is 76.1 Å². The van der Waals surface area contributed by atoms with Crippen molar-refractivity contribution in [3.63, 3.8) is 0 Å². The van der Waals surface area contributed by atoms with E-state index in [-0.39, 0.29) is 16.8 Å². The molecule has 7 heteroatoms. The number of nitrogens with one attached hydrogen (secondary N) is 1. The molecule has 0 aliphatic heterocycles. The fraction of sp³-hybridized carbons (Fsp3) is 0.286. The first-order valence-corrected chi connectivity index (χ1v) is 9.07. The Bertz CT molecular complexity index is 749. The predicted molar refractivity (Wildman–Crippen MR) is 82.3 cm³/mol. The molecule has 1 N–H and O–H groups in total.